The highest BCUT2D eigenvalue weighted by Gasteiger charge is 2.27. The van der Waals surface area contributed by atoms with Crippen LogP contribution in [0.5, 0.6) is 11.5 Å². The van der Waals surface area contributed by atoms with E-state index in [9.17, 15) is 4.79 Å². The Balaban J connectivity index is 1.39. The standard InChI is InChI=1S/C21H25N3O3/c1-3-16-5-7-17(8-6-16)22-21(25)24-12-10-23(11-13-24)19-15(2)4-9-18-20(19)27-14-26-18/h4-9H,3,10-14H2,1-2H3,(H,22,25). The average molecular weight is 367 g/mol. The molecule has 2 aliphatic rings. The van der Waals surface area contributed by atoms with E-state index in [0.29, 0.717) is 13.1 Å². The number of hydrogen-bond donors (Lipinski definition) is 1. The number of carbonyl (C=O) groups is 1. The second-order valence-corrected chi connectivity index (χ2v) is 6.92. The molecule has 0 saturated carbocycles. The fourth-order valence-corrected chi connectivity index (χ4v) is 3.61. The summed E-state index contributed by atoms with van der Waals surface area (Å²) in [5.74, 6) is 1.62. The molecule has 0 bridgehead atoms. The first-order valence-corrected chi connectivity index (χ1v) is 9.44. The number of anilines is 2. The molecule has 0 unspecified atom stereocenters. The Morgan fingerprint density at radius 3 is 2.48 bits per heavy atom. The van der Waals surface area contributed by atoms with Gasteiger partial charge in [-0.05, 0) is 42.7 Å². The van der Waals surface area contributed by atoms with Gasteiger partial charge in [0.25, 0.3) is 0 Å². The molecule has 2 aliphatic heterocycles. The van der Waals surface area contributed by atoms with Crippen LogP contribution in [0.15, 0.2) is 36.4 Å². The number of nitrogens with one attached hydrogen (secondary N) is 1. The first kappa shape index (κ1) is 17.5. The van der Waals surface area contributed by atoms with Gasteiger partial charge in [-0.15, -0.1) is 0 Å². The van der Waals surface area contributed by atoms with E-state index in [1.807, 2.05) is 35.2 Å². The Morgan fingerprint density at radius 2 is 1.78 bits per heavy atom. The number of nitrogens with zero attached hydrogens (tertiary/aromatic N) is 2. The number of benzene rings is 2. The van der Waals surface area contributed by atoms with Crippen molar-refractivity contribution in [3.8, 4) is 11.5 Å². The minimum atomic E-state index is -0.0477. The molecule has 142 valence electrons. The molecular weight excluding hydrogens is 342 g/mol. The Hall–Kier alpha value is -2.89. The number of amides is 2. The molecule has 4 rings (SSSR count). The van der Waals surface area contributed by atoms with E-state index in [4.69, 9.17) is 9.47 Å². The van der Waals surface area contributed by atoms with Crippen LogP contribution in [0, 0.1) is 6.92 Å². The third-order valence-corrected chi connectivity index (χ3v) is 5.21. The highest BCUT2D eigenvalue weighted by molar-refractivity contribution is 5.89. The van der Waals surface area contributed by atoms with Crippen molar-refractivity contribution in [3.63, 3.8) is 0 Å². The van der Waals surface area contributed by atoms with Crippen molar-refractivity contribution in [3.05, 3.63) is 47.5 Å². The number of urea groups is 1. The van der Waals surface area contributed by atoms with Crippen LogP contribution in [0.1, 0.15) is 18.1 Å². The van der Waals surface area contributed by atoms with E-state index < -0.39 is 0 Å². The van der Waals surface area contributed by atoms with Gasteiger partial charge in [-0.3, -0.25) is 0 Å². The van der Waals surface area contributed by atoms with Gasteiger partial charge in [0.1, 0.15) is 0 Å². The topological polar surface area (TPSA) is 54.0 Å². The summed E-state index contributed by atoms with van der Waals surface area (Å²) in [4.78, 5) is 16.7. The van der Waals surface area contributed by atoms with Crippen LogP contribution in [-0.4, -0.2) is 43.9 Å². The van der Waals surface area contributed by atoms with E-state index in [-0.39, 0.29) is 12.8 Å². The predicted octanol–water partition coefficient (Wildman–Crippen LogP) is 3.64. The Morgan fingerprint density at radius 1 is 1.04 bits per heavy atom. The Labute approximate surface area is 159 Å². The zero-order valence-electron chi connectivity index (χ0n) is 15.8. The second kappa shape index (κ2) is 7.39. The van der Waals surface area contributed by atoms with Crippen LogP contribution in [-0.2, 0) is 6.42 Å². The maximum Gasteiger partial charge on any atom is 0.321 e. The van der Waals surface area contributed by atoms with Crippen LogP contribution in [0.2, 0.25) is 0 Å². The number of ether oxygens (including phenoxy) is 2. The number of rotatable bonds is 3. The van der Waals surface area contributed by atoms with Crippen LogP contribution in [0.3, 0.4) is 0 Å². The van der Waals surface area contributed by atoms with Crippen molar-refractivity contribution < 1.29 is 14.3 Å². The summed E-state index contributed by atoms with van der Waals surface area (Å²) < 4.78 is 11.2. The molecule has 0 atom stereocenters. The van der Waals surface area contributed by atoms with Crippen LogP contribution in [0.4, 0.5) is 16.2 Å². The molecule has 0 spiro atoms. The van der Waals surface area contributed by atoms with Gasteiger partial charge in [0.05, 0.1) is 5.69 Å². The zero-order chi connectivity index (χ0) is 18.8. The monoisotopic (exact) mass is 367 g/mol. The lowest BCUT2D eigenvalue weighted by atomic mass is 10.1. The number of aryl methyl sites for hydroxylation is 2. The van der Waals surface area contributed by atoms with Crippen molar-refractivity contribution in [1.29, 1.82) is 0 Å². The minimum Gasteiger partial charge on any atom is -0.454 e. The zero-order valence-corrected chi connectivity index (χ0v) is 15.8. The largest absolute Gasteiger partial charge is 0.454 e. The Kier molecular flexibility index (Phi) is 4.79. The molecule has 0 aromatic heterocycles. The number of fused-ring (bicyclic) bond motifs is 1. The molecule has 1 saturated heterocycles. The molecule has 2 aromatic carbocycles. The lowest BCUT2D eigenvalue weighted by Gasteiger charge is -2.37. The molecule has 2 heterocycles. The van der Waals surface area contributed by atoms with E-state index in [0.717, 1.165) is 47.9 Å². The molecule has 27 heavy (non-hydrogen) atoms. The summed E-state index contributed by atoms with van der Waals surface area (Å²) >= 11 is 0. The SMILES string of the molecule is CCc1ccc(NC(=O)N2CCN(c3c(C)ccc4c3OCO4)CC2)cc1. The maximum atomic E-state index is 12.6. The molecule has 1 fully saturated rings. The van der Waals surface area contributed by atoms with Gasteiger partial charge in [-0.2, -0.15) is 0 Å². The van der Waals surface area contributed by atoms with Crippen molar-refractivity contribution in [2.24, 2.45) is 0 Å². The van der Waals surface area contributed by atoms with Crippen molar-refractivity contribution in [1.82, 2.24) is 4.90 Å². The molecule has 6 heteroatoms. The number of piperazine rings is 1. The quantitative estimate of drug-likeness (QED) is 0.900. The average Bonchev–Trinajstić information content (AvgIpc) is 3.17. The van der Waals surface area contributed by atoms with Gasteiger partial charge in [0, 0.05) is 31.9 Å². The summed E-state index contributed by atoms with van der Waals surface area (Å²) in [5, 5.41) is 2.99. The summed E-state index contributed by atoms with van der Waals surface area (Å²) in [6, 6.07) is 12.0. The number of hydrogen-bond acceptors (Lipinski definition) is 4. The summed E-state index contributed by atoms with van der Waals surface area (Å²) in [7, 11) is 0. The molecule has 2 amide bonds. The van der Waals surface area contributed by atoms with Crippen LogP contribution >= 0.6 is 0 Å². The van der Waals surface area contributed by atoms with E-state index >= 15 is 0 Å². The second-order valence-electron chi connectivity index (χ2n) is 6.92. The van der Waals surface area contributed by atoms with Gasteiger partial charge in [0.2, 0.25) is 6.79 Å². The molecule has 0 aliphatic carbocycles. The highest BCUT2D eigenvalue weighted by Crippen LogP contribution is 2.43. The lowest BCUT2D eigenvalue weighted by Crippen LogP contribution is -2.50. The van der Waals surface area contributed by atoms with Gasteiger partial charge in [0.15, 0.2) is 11.5 Å². The van der Waals surface area contributed by atoms with Crippen molar-refractivity contribution in [2.75, 3.05) is 43.2 Å². The van der Waals surface area contributed by atoms with Gasteiger partial charge >= 0.3 is 6.03 Å². The number of carbonyl (C=O) groups excluding carboxylic acids is 1. The predicted molar refractivity (Wildman–Crippen MR) is 106 cm³/mol. The Bertz CT molecular complexity index is 827. The van der Waals surface area contributed by atoms with Crippen LogP contribution < -0.4 is 19.7 Å². The molecular formula is C21H25N3O3. The third kappa shape index (κ3) is 3.52. The van der Waals surface area contributed by atoms with E-state index in [1.54, 1.807) is 0 Å². The summed E-state index contributed by atoms with van der Waals surface area (Å²) in [5.41, 5.74) is 4.34. The van der Waals surface area contributed by atoms with E-state index in [1.165, 1.54) is 5.56 Å². The van der Waals surface area contributed by atoms with Crippen molar-refractivity contribution >= 4 is 17.4 Å². The third-order valence-electron chi connectivity index (χ3n) is 5.21. The highest BCUT2D eigenvalue weighted by atomic mass is 16.7. The first-order chi connectivity index (χ1) is 13.2. The van der Waals surface area contributed by atoms with Gasteiger partial charge < -0.3 is 24.6 Å². The normalized spacial score (nSPS) is 15.8. The maximum absolute atomic E-state index is 12.6. The van der Waals surface area contributed by atoms with Crippen molar-refractivity contribution in [2.45, 2.75) is 20.3 Å². The molecule has 1 N–H and O–H groups in total. The molecule has 6 nitrogen and oxygen atoms in total. The molecule has 0 radical (unpaired) electrons. The summed E-state index contributed by atoms with van der Waals surface area (Å²) in [6.07, 6.45) is 0.994. The molecule has 2 aromatic rings. The van der Waals surface area contributed by atoms with Gasteiger partial charge in [-0.25, -0.2) is 4.79 Å². The minimum absolute atomic E-state index is 0.0477. The smallest absolute Gasteiger partial charge is 0.321 e. The van der Waals surface area contributed by atoms with E-state index in [2.05, 4.69) is 30.1 Å². The lowest BCUT2D eigenvalue weighted by molar-refractivity contribution is 0.174. The van der Waals surface area contributed by atoms with Crippen LogP contribution in [0.25, 0.3) is 0 Å². The first-order valence-electron chi connectivity index (χ1n) is 9.44. The summed E-state index contributed by atoms with van der Waals surface area (Å²) in [6.45, 7) is 7.34. The fourth-order valence-electron chi connectivity index (χ4n) is 3.61. The van der Waals surface area contributed by atoms with Gasteiger partial charge in [-0.1, -0.05) is 25.1 Å². The fraction of sp³-hybridized carbons (Fsp3) is 0.381.